The SMILES string of the molecule is O=C1[C@H](NCc2cccc3cccnc23)CCN1c1c(F)cccc1F. The molecule has 1 atom stereocenters. The predicted octanol–water partition coefficient (Wildman–Crippen LogP) is 3.41. The number of nitrogens with zero attached hydrogens (tertiary/aromatic N) is 2. The molecule has 1 aromatic heterocycles. The van der Waals surface area contributed by atoms with Crippen molar-refractivity contribution in [3.05, 3.63) is 71.9 Å². The van der Waals surface area contributed by atoms with Gasteiger partial charge in [-0.2, -0.15) is 0 Å². The number of para-hydroxylation sites is 2. The summed E-state index contributed by atoms with van der Waals surface area (Å²) in [7, 11) is 0. The Morgan fingerprint density at radius 2 is 1.81 bits per heavy atom. The number of pyridine rings is 1. The molecule has 2 heterocycles. The largest absolute Gasteiger partial charge is 0.306 e. The zero-order valence-electron chi connectivity index (χ0n) is 14.0. The lowest BCUT2D eigenvalue weighted by Gasteiger charge is -2.18. The average Bonchev–Trinajstić information content (AvgIpc) is 3.00. The molecule has 2 aromatic carbocycles. The molecular formula is C20H17F2N3O. The normalized spacial score (nSPS) is 17.2. The summed E-state index contributed by atoms with van der Waals surface area (Å²) in [6, 6.07) is 12.9. The van der Waals surface area contributed by atoms with E-state index in [1.54, 1.807) is 6.20 Å². The summed E-state index contributed by atoms with van der Waals surface area (Å²) in [6.45, 7) is 0.737. The fourth-order valence-corrected chi connectivity index (χ4v) is 3.38. The molecule has 1 saturated heterocycles. The topological polar surface area (TPSA) is 45.2 Å². The summed E-state index contributed by atoms with van der Waals surface area (Å²) in [4.78, 5) is 18.2. The molecule has 0 unspecified atom stereocenters. The van der Waals surface area contributed by atoms with E-state index in [1.165, 1.54) is 11.0 Å². The highest BCUT2D eigenvalue weighted by atomic mass is 19.1. The molecule has 0 radical (unpaired) electrons. The van der Waals surface area contributed by atoms with E-state index < -0.39 is 17.7 Å². The number of amides is 1. The first-order valence-electron chi connectivity index (χ1n) is 8.46. The molecule has 4 nitrogen and oxygen atoms in total. The van der Waals surface area contributed by atoms with Gasteiger partial charge < -0.3 is 10.2 Å². The van der Waals surface area contributed by atoms with Crippen LogP contribution in [-0.2, 0) is 11.3 Å². The highest BCUT2D eigenvalue weighted by Crippen LogP contribution is 2.28. The molecule has 3 aromatic rings. The second kappa shape index (κ2) is 6.80. The van der Waals surface area contributed by atoms with E-state index in [1.807, 2.05) is 30.3 Å². The van der Waals surface area contributed by atoms with Gasteiger partial charge in [0.15, 0.2) is 0 Å². The number of rotatable bonds is 4. The van der Waals surface area contributed by atoms with Crippen LogP contribution < -0.4 is 10.2 Å². The van der Waals surface area contributed by atoms with Crippen LogP contribution in [0.3, 0.4) is 0 Å². The van der Waals surface area contributed by atoms with Gasteiger partial charge >= 0.3 is 0 Å². The molecule has 0 aliphatic carbocycles. The van der Waals surface area contributed by atoms with Crippen LogP contribution in [0.15, 0.2) is 54.7 Å². The molecule has 0 spiro atoms. The van der Waals surface area contributed by atoms with Crippen molar-refractivity contribution in [2.45, 2.75) is 19.0 Å². The first-order valence-corrected chi connectivity index (χ1v) is 8.46. The Balaban J connectivity index is 1.51. The average molecular weight is 353 g/mol. The van der Waals surface area contributed by atoms with Crippen LogP contribution in [-0.4, -0.2) is 23.5 Å². The van der Waals surface area contributed by atoms with Crippen LogP contribution in [0.5, 0.6) is 0 Å². The molecule has 26 heavy (non-hydrogen) atoms. The minimum Gasteiger partial charge on any atom is -0.306 e. The molecule has 132 valence electrons. The molecule has 0 saturated carbocycles. The minimum atomic E-state index is -0.725. The van der Waals surface area contributed by atoms with Crippen molar-refractivity contribution in [1.29, 1.82) is 0 Å². The third-order valence-electron chi connectivity index (χ3n) is 4.67. The number of carbonyl (C=O) groups excluding carboxylic acids is 1. The van der Waals surface area contributed by atoms with Crippen LogP contribution >= 0.6 is 0 Å². The first kappa shape index (κ1) is 16.6. The van der Waals surface area contributed by atoms with Crippen molar-refractivity contribution < 1.29 is 13.6 Å². The maximum absolute atomic E-state index is 14.0. The summed E-state index contributed by atoms with van der Waals surface area (Å²) < 4.78 is 27.9. The van der Waals surface area contributed by atoms with E-state index in [4.69, 9.17) is 0 Å². The van der Waals surface area contributed by atoms with Crippen molar-refractivity contribution in [2.75, 3.05) is 11.4 Å². The first-order chi connectivity index (χ1) is 12.6. The molecule has 1 N–H and O–H groups in total. The predicted molar refractivity (Wildman–Crippen MR) is 95.7 cm³/mol. The van der Waals surface area contributed by atoms with Crippen molar-refractivity contribution in [2.24, 2.45) is 0 Å². The Hall–Kier alpha value is -2.86. The molecule has 0 bridgehead atoms. The number of anilines is 1. The minimum absolute atomic E-state index is 0.270. The molecular weight excluding hydrogens is 336 g/mol. The highest BCUT2D eigenvalue weighted by molar-refractivity contribution is 5.99. The molecule has 1 amide bonds. The van der Waals surface area contributed by atoms with Crippen molar-refractivity contribution in [1.82, 2.24) is 10.3 Å². The van der Waals surface area contributed by atoms with Crippen molar-refractivity contribution in [3.63, 3.8) is 0 Å². The van der Waals surface area contributed by atoms with Gasteiger partial charge in [0, 0.05) is 24.7 Å². The van der Waals surface area contributed by atoms with E-state index in [0.29, 0.717) is 13.0 Å². The third kappa shape index (κ3) is 2.93. The van der Waals surface area contributed by atoms with Crippen LogP contribution in [0.25, 0.3) is 10.9 Å². The van der Waals surface area contributed by atoms with E-state index >= 15 is 0 Å². The number of halogens is 2. The van der Waals surface area contributed by atoms with Gasteiger partial charge in [-0.1, -0.05) is 30.3 Å². The Morgan fingerprint density at radius 1 is 1.08 bits per heavy atom. The van der Waals surface area contributed by atoms with Gasteiger partial charge in [-0.3, -0.25) is 9.78 Å². The van der Waals surface area contributed by atoms with Crippen molar-refractivity contribution >= 4 is 22.5 Å². The number of benzene rings is 2. The number of hydrogen-bond acceptors (Lipinski definition) is 3. The fraction of sp³-hybridized carbons (Fsp3) is 0.200. The summed E-state index contributed by atoms with van der Waals surface area (Å²) in [6.07, 6.45) is 2.22. The van der Waals surface area contributed by atoms with E-state index in [0.717, 1.165) is 28.6 Å². The number of fused-ring (bicyclic) bond motifs is 1. The van der Waals surface area contributed by atoms with Gasteiger partial charge in [0.25, 0.3) is 0 Å². The van der Waals surface area contributed by atoms with E-state index in [9.17, 15) is 13.6 Å². The molecule has 1 aliphatic heterocycles. The van der Waals surface area contributed by atoms with Gasteiger partial charge in [0.05, 0.1) is 11.6 Å². The second-order valence-corrected chi connectivity index (χ2v) is 6.27. The highest BCUT2D eigenvalue weighted by Gasteiger charge is 2.35. The van der Waals surface area contributed by atoms with Crippen LogP contribution in [0, 0.1) is 11.6 Å². The van der Waals surface area contributed by atoms with Gasteiger partial charge in [0.1, 0.15) is 17.3 Å². The maximum Gasteiger partial charge on any atom is 0.244 e. The van der Waals surface area contributed by atoms with Crippen LogP contribution in [0.4, 0.5) is 14.5 Å². The molecule has 1 aliphatic rings. The fourth-order valence-electron chi connectivity index (χ4n) is 3.38. The van der Waals surface area contributed by atoms with Crippen LogP contribution in [0.2, 0.25) is 0 Å². The number of nitrogens with one attached hydrogen (secondary N) is 1. The Morgan fingerprint density at radius 3 is 2.62 bits per heavy atom. The monoisotopic (exact) mass is 353 g/mol. The maximum atomic E-state index is 14.0. The summed E-state index contributed by atoms with van der Waals surface area (Å²) in [5.74, 6) is -1.77. The zero-order valence-corrected chi connectivity index (χ0v) is 14.0. The van der Waals surface area contributed by atoms with Crippen LogP contribution in [0.1, 0.15) is 12.0 Å². The number of hydrogen-bond donors (Lipinski definition) is 1. The van der Waals surface area contributed by atoms with Gasteiger partial charge in [-0.25, -0.2) is 8.78 Å². The van der Waals surface area contributed by atoms with Gasteiger partial charge in [-0.05, 0) is 30.2 Å². The quantitative estimate of drug-likeness (QED) is 0.782. The Labute approximate surface area is 149 Å². The number of carbonyl (C=O) groups is 1. The molecule has 4 rings (SSSR count). The van der Waals surface area contributed by atoms with E-state index in [2.05, 4.69) is 10.3 Å². The summed E-state index contributed by atoms with van der Waals surface area (Å²) >= 11 is 0. The summed E-state index contributed by atoms with van der Waals surface area (Å²) in [5.41, 5.74) is 1.59. The summed E-state index contributed by atoms with van der Waals surface area (Å²) in [5, 5.41) is 4.23. The van der Waals surface area contributed by atoms with E-state index in [-0.39, 0.29) is 18.1 Å². The lowest BCUT2D eigenvalue weighted by molar-refractivity contribution is -0.118. The third-order valence-corrected chi connectivity index (χ3v) is 4.67. The van der Waals surface area contributed by atoms with Gasteiger partial charge in [0.2, 0.25) is 5.91 Å². The smallest absolute Gasteiger partial charge is 0.244 e. The van der Waals surface area contributed by atoms with Gasteiger partial charge in [-0.15, -0.1) is 0 Å². The lowest BCUT2D eigenvalue weighted by Crippen LogP contribution is -2.38. The standard InChI is InChI=1S/C20H17F2N3O/c21-15-7-2-8-16(22)19(15)25-11-9-17(20(25)26)24-12-14-5-1-4-13-6-3-10-23-18(13)14/h1-8,10,17,24H,9,11-12H2/t17-/m1/s1. The Kier molecular flexibility index (Phi) is 4.34. The number of aromatic nitrogens is 1. The second-order valence-electron chi connectivity index (χ2n) is 6.27. The molecule has 1 fully saturated rings. The Bertz CT molecular complexity index is 951. The zero-order chi connectivity index (χ0) is 18.1. The lowest BCUT2D eigenvalue weighted by atomic mass is 10.1. The van der Waals surface area contributed by atoms with Crippen molar-refractivity contribution in [3.8, 4) is 0 Å². The molecule has 6 heteroatoms.